The summed E-state index contributed by atoms with van der Waals surface area (Å²) < 4.78 is 24.0. The second-order valence-electron chi connectivity index (χ2n) is 4.70. The highest BCUT2D eigenvalue weighted by Crippen LogP contribution is 2.18. The van der Waals surface area contributed by atoms with E-state index >= 15 is 0 Å². The first-order valence-electron chi connectivity index (χ1n) is 6.83. The van der Waals surface area contributed by atoms with Gasteiger partial charge in [0.25, 0.3) is 0 Å². The molecule has 1 unspecified atom stereocenters. The quantitative estimate of drug-likeness (QED) is 0.745. The van der Waals surface area contributed by atoms with Gasteiger partial charge in [-0.1, -0.05) is 19.1 Å². The van der Waals surface area contributed by atoms with Crippen molar-refractivity contribution in [3.63, 3.8) is 0 Å². The Hall–Kier alpha value is -1.62. The van der Waals surface area contributed by atoms with Crippen molar-refractivity contribution < 1.29 is 18.7 Å². The molecule has 1 aromatic rings. The van der Waals surface area contributed by atoms with E-state index < -0.39 is 17.3 Å². The summed E-state index contributed by atoms with van der Waals surface area (Å²) in [4.78, 5) is 12.0. The number of para-hydroxylation sites is 1. The van der Waals surface area contributed by atoms with Crippen LogP contribution in [0.25, 0.3) is 0 Å². The predicted octanol–water partition coefficient (Wildman–Crippen LogP) is 2.53. The van der Waals surface area contributed by atoms with Crippen molar-refractivity contribution in [1.29, 1.82) is 0 Å². The minimum absolute atomic E-state index is 0.00671. The van der Waals surface area contributed by atoms with Crippen LogP contribution in [0.5, 0.6) is 5.75 Å². The Balaban J connectivity index is 2.74. The van der Waals surface area contributed by atoms with Crippen molar-refractivity contribution in [3.05, 3.63) is 30.1 Å². The van der Waals surface area contributed by atoms with Crippen LogP contribution in [0.2, 0.25) is 0 Å². The van der Waals surface area contributed by atoms with Crippen LogP contribution in [0.1, 0.15) is 27.2 Å². The molecular weight excluding hydrogens is 261 g/mol. The van der Waals surface area contributed by atoms with Gasteiger partial charge in [-0.3, -0.25) is 5.32 Å². The number of carbonyl (C=O) groups is 1. The third-order valence-electron chi connectivity index (χ3n) is 2.84. The number of halogens is 1. The lowest BCUT2D eigenvalue weighted by molar-refractivity contribution is -0.151. The highest BCUT2D eigenvalue weighted by Gasteiger charge is 2.35. The highest BCUT2D eigenvalue weighted by molar-refractivity contribution is 5.80. The molecule has 5 heteroatoms. The van der Waals surface area contributed by atoms with Crippen molar-refractivity contribution >= 4 is 5.97 Å². The van der Waals surface area contributed by atoms with Gasteiger partial charge >= 0.3 is 5.97 Å². The van der Waals surface area contributed by atoms with Crippen molar-refractivity contribution in [1.82, 2.24) is 5.32 Å². The average Bonchev–Trinajstić information content (AvgIpc) is 2.44. The molecule has 1 aromatic carbocycles. The third kappa shape index (κ3) is 4.49. The van der Waals surface area contributed by atoms with Gasteiger partial charge in [-0.15, -0.1) is 0 Å². The molecule has 0 aliphatic rings. The number of nitrogens with one attached hydrogen (secondary N) is 1. The molecule has 0 amide bonds. The number of ether oxygens (including phenoxy) is 2. The van der Waals surface area contributed by atoms with Gasteiger partial charge in [0.1, 0.15) is 12.1 Å². The van der Waals surface area contributed by atoms with Gasteiger partial charge in [0, 0.05) is 0 Å². The van der Waals surface area contributed by atoms with Gasteiger partial charge in [-0.05, 0) is 38.9 Å². The van der Waals surface area contributed by atoms with Crippen LogP contribution in [0.4, 0.5) is 4.39 Å². The normalized spacial score (nSPS) is 13.6. The Morgan fingerprint density at radius 1 is 1.35 bits per heavy atom. The zero-order valence-corrected chi connectivity index (χ0v) is 12.2. The summed E-state index contributed by atoms with van der Waals surface area (Å²) in [7, 11) is 0. The summed E-state index contributed by atoms with van der Waals surface area (Å²) in [6.07, 6.45) is 0.870. The molecular formula is C15H22FNO3. The van der Waals surface area contributed by atoms with E-state index in [0.29, 0.717) is 13.2 Å². The van der Waals surface area contributed by atoms with Crippen LogP contribution < -0.4 is 10.1 Å². The molecule has 0 saturated carbocycles. The maximum Gasteiger partial charge on any atom is 0.329 e. The van der Waals surface area contributed by atoms with E-state index in [1.807, 2.05) is 6.92 Å². The molecule has 0 bridgehead atoms. The molecule has 1 N–H and O–H groups in total. The molecule has 0 aliphatic carbocycles. The maximum absolute atomic E-state index is 13.5. The number of benzene rings is 1. The van der Waals surface area contributed by atoms with E-state index in [0.717, 1.165) is 6.42 Å². The Morgan fingerprint density at radius 2 is 2.05 bits per heavy atom. The summed E-state index contributed by atoms with van der Waals surface area (Å²) >= 11 is 0. The lowest BCUT2D eigenvalue weighted by Crippen LogP contribution is -2.55. The topological polar surface area (TPSA) is 47.6 Å². The molecule has 20 heavy (non-hydrogen) atoms. The molecule has 1 atom stereocenters. The molecule has 4 nitrogen and oxygen atoms in total. The Morgan fingerprint density at radius 3 is 2.65 bits per heavy atom. The molecule has 0 aliphatic heterocycles. The number of hydrogen-bond donors (Lipinski definition) is 1. The van der Waals surface area contributed by atoms with Crippen LogP contribution in [-0.2, 0) is 9.53 Å². The minimum atomic E-state index is -0.992. The third-order valence-corrected chi connectivity index (χ3v) is 2.84. The molecule has 0 fully saturated rings. The van der Waals surface area contributed by atoms with E-state index in [-0.39, 0.29) is 12.4 Å². The number of esters is 1. The Bertz CT molecular complexity index is 439. The standard InChI is InChI=1S/C15H22FNO3/c1-4-10-17-15(3,14(18)19-5-2)11-20-13-9-7-6-8-12(13)16/h6-9,17H,4-5,10-11H2,1-3H3. The summed E-state index contributed by atoms with van der Waals surface area (Å²) in [5.74, 6) is -0.722. The fourth-order valence-electron chi connectivity index (χ4n) is 1.66. The SMILES string of the molecule is CCCNC(C)(COc1ccccc1F)C(=O)OCC. The largest absolute Gasteiger partial charge is 0.488 e. The molecule has 112 valence electrons. The van der Waals surface area contributed by atoms with Crippen molar-refractivity contribution in [3.8, 4) is 5.75 Å². The van der Waals surface area contributed by atoms with Gasteiger partial charge in [0.05, 0.1) is 6.61 Å². The van der Waals surface area contributed by atoms with Crippen molar-refractivity contribution in [2.24, 2.45) is 0 Å². The van der Waals surface area contributed by atoms with E-state index in [1.54, 1.807) is 26.0 Å². The molecule has 0 heterocycles. The zero-order chi connectivity index (χ0) is 15.0. The van der Waals surface area contributed by atoms with Gasteiger partial charge in [0.2, 0.25) is 0 Å². The van der Waals surface area contributed by atoms with Crippen molar-refractivity contribution in [2.75, 3.05) is 19.8 Å². The first-order chi connectivity index (χ1) is 9.53. The summed E-state index contributed by atoms with van der Waals surface area (Å²) in [6.45, 7) is 6.39. The number of carbonyl (C=O) groups excluding carboxylic acids is 1. The lowest BCUT2D eigenvalue weighted by Gasteiger charge is -2.28. The van der Waals surface area contributed by atoms with E-state index in [1.165, 1.54) is 12.1 Å². The van der Waals surface area contributed by atoms with E-state index in [2.05, 4.69) is 5.32 Å². The fourth-order valence-corrected chi connectivity index (χ4v) is 1.66. The molecule has 0 aromatic heterocycles. The van der Waals surface area contributed by atoms with Crippen LogP contribution in [-0.4, -0.2) is 31.3 Å². The van der Waals surface area contributed by atoms with Crippen molar-refractivity contribution in [2.45, 2.75) is 32.7 Å². The van der Waals surface area contributed by atoms with Gasteiger partial charge in [-0.2, -0.15) is 0 Å². The molecule has 0 saturated heterocycles. The van der Waals surface area contributed by atoms with Gasteiger partial charge in [-0.25, -0.2) is 9.18 Å². The zero-order valence-electron chi connectivity index (χ0n) is 12.2. The average molecular weight is 283 g/mol. The summed E-state index contributed by atoms with van der Waals surface area (Å²) in [6, 6.07) is 6.11. The Kier molecular flexibility index (Phi) is 6.45. The summed E-state index contributed by atoms with van der Waals surface area (Å²) in [5, 5.41) is 3.10. The van der Waals surface area contributed by atoms with E-state index in [9.17, 15) is 9.18 Å². The summed E-state index contributed by atoms with van der Waals surface area (Å²) in [5.41, 5.74) is -0.992. The van der Waals surface area contributed by atoms with Gasteiger partial charge < -0.3 is 9.47 Å². The predicted molar refractivity (Wildman–Crippen MR) is 75.2 cm³/mol. The van der Waals surface area contributed by atoms with Crippen LogP contribution in [0.15, 0.2) is 24.3 Å². The second kappa shape index (κ2) is 7.85. The van der Waals surface area contributed by atoms with E-state index in [4.69, 9.17) is 9.47 Å². The number of rotatable bonds is 8. The van der Waals surface area contributed by atoms with Crippen LogP contribution in [0.3, 0.4) is 0 Å². The van der Waals surface area contributed by atoms with Crippen LogP contribution in [0, 0.1) is 5.82 Å². The van der Waals surface area contributed by atoms with Crippen LogP contribution >= 0.6 is 0 Å². The monoisotopic (exact) mass is 283 g/mol. The molecule has 0 radical (unpaired) electrons. The second-order valence-corrected chi connectivity index (χ2v) is 4.70. The minimum Gasteiger partial charge on any atom is -0.488 e. The first-order valence-corrected chi connectivity index (χ1v) is 6.83. The maximum atomic E-state index is 13.5. The smallest absolute Gasteiger partial charge is 0.329 e. The highest BCUT2D eigenvalue weighted by atomic mass is 19.1. The number of hydrogen-bond acceptors (Lipinski definition) is 4. The Labute approximate surface area is 119 Å². The molecule has 1 rings (SSSR count). The lowest BCUT2D eigenvalue weighted by atomic mass is 10.0. The fraction of sp³-hybridized carbons (Fsp3) is 0.533. The molecule has 0 spiro atoms. The first kappa shape index (κ1) is 16.4. The van der Waals surface area contributed by atoms with Gasteiger partial charge in [0.15, 0.2) is 11.6 Å².